The van der Waals surface area contributed by atoms with Gasteiger partial charge in [-0.3, -0.25) is 0 Å². The second-order valence-electron chi connectivity index (χ2n) is 5.13. The number of nitrogens with zero attached hydrogens (tertiary/aromatic N) is 1. The smallest absolute Gasteiger partial charge is 0.101 e. The van der Waals surface area contributed by atoms with Crippen LogP contribution in [0.5, 0.6) is 0 Å². The van der Waals surface area contributed by atoms with Crippen LogP contribution in [0.15, 0.2) is 0 Å². The molecule has 0 saturated heterocycles. The Labute approximate surface area is 100.0 Å². The summed E-state index contributed by atoms with van der Waals surface area (Å²) in [5, 5.41) is 8.71. The lowest BCUT2D eigenvalue weighted by atomic mass is 9.98. The van der Waals surface area contributed by atoms with Gasteiger partial charge in [0.25, 0.3) is 0 Å². The van der Waals surface area contributed by atoms with Crippen LogP contribution in [0.2, 0.25) is 0 Å². The molecule has 0 aliphatic carbocycles. The van der Waals surface area contributed by atoms with E-state index in [4.69, 9.17) is 15.7 Å². The van der Waals surface area contributed by atoms with Gasteiger partial charge in [0.05, 0.1) is 6.07 Å². The van der Waals surface area contributed by atoms with Crippen molar-refractivity contribution in [3.8, 4) is 6.07 Å². The van der Waals surface area contributed by atoms with Crippen LogP contribution in [0.1, 0.15) is 52.9 Å². The molecular weight excluding hydrogens is 200 g/mol. The van der Waals surface area contributed by atoms with Gasteiger partial charge in [-0.15, -0.1) is 0 Å². The van der Waals surface area contributed by atoms with Crippen LogP contribution in [-0.2, 0) is 4.74 Å². The summed E-state index contributed by atoms with van der Waals surface area (Å²) in [5.41, 5.74) is 5.04. The standard InChI is InChI=1S/C13H26N2O/c1-12(2)7-6-10-16-9-5-4-8-13(3,15)11-14/h12H,4-10,15H2,1-3H3. The highest BCUT2D eigenvalue weighted by Gasteiger charge is 2.15. The molecule has 16 heavy (non-hydrogen) atoms. The minimum Gasteiger partial charge on any atom is -0.381 e. The monoisotopic (exact) mass is 226 g/mol. The molecule has 0 aromatic carbocycles. The number of nitrogens with two attached hydrogens (primary N) is 1. The van der Waals surface area contributed by atoms with Gasteiger partial charge in [0.15, 0.2) is 0 Å². The maximum absolute atomic E-state index is 8.71. The average Bonchev–Trinajstić information content (AvgIpc) is 2.21. The Bertz CT molecular complexity index is 206. The molecule has 0 amide bonds. The van der Waals surface area contributed by atoms with E-state index in [0.717, 1.165) is 44.8 Å². The van der Waals surface area contributed by atoms with Gasteiger partial charge in [-0.05, 0) is 44.9 Å². The van der Waals surface area contributed by atoms with Crippen molar-refractivity contribution in [1.29, 1.82) is 5.26 Å². The Morgan fingerprint density at radius 1 is 1.25 bits per heavy atom. The van der Waals surface area contributed by atoms with Crippen LogP contribution in [-0.4, -0.2) is 18.8 Å². The van der Waals surface area contributed by atoms with Crippen molar-refractivity contribution in [2.75, 3.05) is 13.2 Å². The van der Waals surface area contributed by atoms with Crippen molar-refractivity contribution in [3.63, 3.8) is 0 Å². The third-order valence-corrected chi connectivity index (χ3v) is 2.56. The molecule has 0 saturated carbocycles. The fourth-order valence-electron chi connectivity index (χ4n) is 1.45. The van der Waals surface area contributed by atoms with Crippen molar-refractivity contribution in [2.45, 2.75) is 58.4 Å². The normalized spacial score (nSPS) is 14.8. The Morgan fingerprint density at radius 2 is 1.88 bits per heavy atom. The van der Waals surface area contributed by atoms with Crippen LogP contribution in [0.3, 0.4) is 0 Å². The fourth-order valence-corrected chi connectivity index (χ4v) is 1.45. The molecule has 0 rings (SSSR count). The summed E-state index contributed by atoms with van der Waals surface area (Å²) in [6.45, 7) is 7.88. The summed E-state index contributed by atoms with van der Waals surface area (Å²) in [6, 6.07) is 2.10. The van der Waals surface area contributed by atoms with E-state index in [9.17, 15) is 0 Å². The van der Waals surface area contributed by atoms with Crippen LogP contribution < -0.4 is 5.73 Å². The van der Waals surface area contributed by atoms with Crippen molar-refractivity contribution < 1.29 is 4.74 Å². The van der Waals surface area contributed by atoms with Gasteiger partial charge in [0, 0.05) is 13.2 Å². The average molecular weight is 226 g/mol. The van der Waals surface area contributed by atoms with Gasteiger partial charge < -0.3 is 10.5 Å². The zero-order valence-corrected chi connectivity index (χ0v) is 11.0. The van der Waals surface area contributed by atoms with E-state index in [1.807, 2.05) is 0 Å². The first kappa shape index (κ1) is 15.4. The maximum Gasteiger partial charge on any atom is 0.101 e. The highest BCUT2D eigenvalue weighted by Crippen LogP contribution is 2.09. The second-order valence-corrected chi connectivity index (χ2v) is 5.13. The molecule has 0 aromatic heterocycles. The van der Waals surface area contributed by atoms with Crippen molar-refractivity contribution in [1.82, 2.24) is 0 Å². The molecule has 1 atom stereocenters. The minimum atomic E-state index is -0.669. The maximum atomic E-state index is 8.71. The Kier molecular flexibility index (Phi) is 8.23. The summed E-state index contributed by atoms with van der Waals surface area (Å²) < 4.78 is 5.51. The molecule has 94 valence electrons. The van der Waals surface area contributed by atoms with Crippen LogP contribution >= 0.6 is 0 Å². The van der Waals surface area contributed by atoms with E-state index in [1.165, 1.54) is 6.42 Å². The van der Waals surface area contributed by atoms with E-state index in [0.29, 0.717) is 0 Å². The number of nitriles is 1. The van der Waals surface area contributed by atoms with Crippen molar-refractivity contribution >= 4 is 0 Å². The number of hydrogen-bond donors (Lipinski definition) is 1. The van der Waals surface area contributed by atoms with Crippen LogP contribution in [0.4, 0.5) is 0 Å². The summed E-state index contributed by atoms with van der Waals surface area (Å²) in [5.74, 6) is 0.761. The molecule has 3 heteroatoms. The first-order chi connectivity index (χ1) is 7.48. The topological polar surface area (TPSA) is 59.0 Å². The van der Waals surface area contributed by atoms with Gasteiger partial charge in [-0.25, -0.2) is 0 Å². The lowest BCUT2D eigenvalue weighted by Crippen LogP contribution is -2.33. The quantitative estimate of drug-likeness (QED) is 0.615. The van der Waals surface area contributed by atoms with Crippen molar-refractivity contribution in [2.24, 2.45) is 11.7 Å². The zero-order chi connectivity index (χ0) is 12.4. The van der Waals surface area contributed by atoms with Crippen LogP contribution in [0.25, 0.3) is 0 Å². The molecule has 0 aliphatic rings. The number of rotatable bonds is 9. The summed E-state index contributed by atoms with van der Waals surface area (Å²) in [6.07, 6.45) is 5.08. The summed E-state index contributed by atoms with van der Waals surface area (Å²) in [7, 11) is 0. The predicted octanol–water partition coefficient (Wildman–Crippen LogP) is 2.85. The highest BCUT2D eigenvalue weighted by molar-refractivity contribution is 5.00. The zero-order valence-electron chi connectivity index (χ0n) is 11.0. The van der Waals surface area contributed by atoms with E-state index in [2.05, 4.69) is 19.9 Å². The lowest BCUT2D eigenvalue weighted by molar-refractivity contribution is 0.123. The molecule has 1 unspecified atom stereocenters. The highest BCUT2D eigenvalue weighted by atomic mass is 16.5. The summed E-state index contributed by atoms with van der Waals surface area (Å²) >= 11 is 0. The van der Waals surface area contributed by atoms with Crippen LogP contribution in [0, 0.1) is 17.2 Å². The third kappa shape index (κ3) is 9.95. The molecule has 0 aliphatic heterocycles. The molecule has 0 bridgehead atoms. The molecule has 0 fully saturated rings. The van der Waals surface area contributed by atoms with E-state index in [-0.39, 0.29) is 0 Å². The van der Waals surface area contributed by atoms with E-state index < -0.39 is 5.54 Å². The number of hydrogen-bond acceptors (Lipinski definition) is 3. The SMILES string of the molecule is CC(C)CCCOCCCCC(C)(N)C#N. The van der Waals surface area contributed by atoms with Gasteiger partial charge >= 0.3 is 0 Å². The molecule has 0 spiro atoms. The number of unbranched alkanes of at least 4 members (excludes halogenated alkanes) is 1. The van der Waals surface area contributed by atoms with Gasteiger partial charge in [-0.1, -0.05) is 13.8 Å². The second kappa shape index (κ2) is 8.55. The Hall–Kier alpha value is -0.590. The minimum absolute atomic E-state index is 0.669. The van der Waals surface area contributed by atoms with Gasteiger partial charge in [0.2, 0.25) is 0 Å². The van der Waals surface area contributed by atoms with E-state index >= 15 is 0 Å². The largest absolute Gasteiger partial charge is 0.381 e. The molecule has 0 radical (unpaired) electrons. The summed E-state index contributed by atoms with van der Waals surface area (Å²) in [4.78, 5) is 0. The number of ether oxygens (including phenoxy) is 1. The molecule has 0 heterocycles. The Balaban J connectivity index is 3.20. The van der Waals surface area contributed by atoms with E-state index in [1.54, 1.807) is 6.92 Å². The lowest BCUT2D eigenvalue weighted by Gasteiger charge is -2.14. The van der Waals surface area contributed by atoms with Gasteiger partial charge in [-0.2, -0.15) is 5.26 Å². The molecule has 0 aromatic rings. The molecular formula is C13H26N2O. The van der Waals surface area contributed by atoms with Gasteiger partial charge in [0.1, 0.15) is 5.54 Å². The third-order valence-electron chi connectivity index (χ3n) is 2.56. The predicted molar refractivity (Wildman–Crippen MR) is 66.9 cm³/mol. The van der Waals surface area contributed by atoms with Crippen molar-refractivity contribution in [3.05, 3.63) is 0 Å². The Morgan fingerprint density at radius 3 is 2.44 bits per heavy atom. The fraction of sp³-hybridized carbons (Fsp3) is 0.923. The molecule has 2 N–H and O–H groups in total. The first-order valence-electron chi connectivity index (χ1n) is 6.26. The molecule has 3 nitrogen and oxygen atoms in total. The first-order valence-corrected chi connectivity index (χ1v) is 6.26.